The Kier molecular flexibility index (Phi) is 10.7. The van der Waals surface area contributed by atoms with Gasteiger partial charge in [-0.05, 0) is 0 Å². The predicted octanol–water partition coefficient (Wildman–Crippen LogP) is 7.51. The Morgan fingerprint density at radius 1 is 1.00 bits per heavy atom. The number of allylic oxidation sites excluding steroid dienone is 1. The number of rotatable bonds is 12. The third-order valence-electron chi connectivity index (χ3n) is 8.02. The number of hydrogen-bond donors (Lipinski definition) is 1. The van der Waals surface area contributed by atoms with Gasteiger partial charge in [-0.2, -0.15) is 0 Å². The van der Waals surface area contributed by atoms with Gasteiger partial charge in [-0.15, -0.1) is 0 Å². The fraction of sp³-hybridized carbons (Fsp3) is 0.815. The van der Waals surface area contributed by atoms with Gasteiger partial charge >= 0.3 is 196 Å². The van der Waals surface area contributed by atoms with E-state index in [1.165, 1.54) is 57.4 Å². The molecule has 0 radical (unpaired) electrons. The average molecular weight is 539 g/mol. The van der Waals surface area contributed by atoms with Gasteiger partial charge in [0.1, 0.15) is 0 Å². The van der Waals surface area contributed by atoms with Gasteiger partial charge in [0.05, 0.1) is 0 Å². The molecular weight excluding hydrogens is 491 g/mol. The summed E-state index contributed by atoms with van der Waals surface area (Å²) in [6, 6.07) is 0. The fourth-order valence-corrected chi connectivity index (χ4v) is 21.5. The molecule has 0 aromatic heterocycles. The van der Waals surface area contributed by atoms with Crippen LogP contribution < -0.4 is 0 Å². The van der Waals surface area contributed by atoms with Crippen molar-refractivity contribution in [3.63, 3.8) is 0 Å². The van der Waals surface area contributed by atoms with E-state index < -0.39 is 29.4 Å². The van der Waals surface area contributed by atoms with Crippen LogP contribution in [-0.2, 0) is 9.53 Å². The van der Waals surface area contributed by atoms with Crippen LogP contribution in [-0.4, -0.2) is 41.7 Å². The SMILES string of the molecule is C=C1C[C@]2(O)CCCC[C@]2(C(=O)OCC)C/C1=[CH]\[Sn]([CH2]CCC)([CH2]CCC)[CH2]CCC. The first kappa shape index (κ1) is 27.0. The number of carbonyl (C=O) groups is 1. The molecule has 0 unspecified atom stereocenters. The fourth-order valence-electron chi connectivity index (χ4n) is 6.08. The second-order valence-electron chi connectivity index (χ2n) is 10.3. The second-order valence-corrected chi connectivity index (χ2v) is 23.2. The van der Waals surface area contributed by atoms with Crippen molar-refractivity contribution >= 4 is 24.3 Å². The molecule has 0 aliphatic heterocycles. The number of ether oxygens (including phenoxy) is 1. The normalized spacial score (nSPS) is 27.9. The third kappa shape index (κ3) is 6.19. The maximum atomic E-state index is 13.3. The molecule has 0 heterocycles. The molecule has 3 nitrogen and oxygen atoms in total. The zero-order chi connectivity index (χ0) is 23.0. The molecule has 178 valence electrons. The van der Waals surface area contributed by atoms with Gasteiger partial charge in [0, 0.05) is 0 Å². The minimum atomic E-state index is -2.53. The number of esters is 1. The molecule has 0 aromatic rings. The van der Waals surface area contributed by atoms with E-state index >= 15 is 0 Å². The first-order valence-corrected chi connectivity index (χ1v) is 20.8. The molecule has 2 aliphatic carbocycles. The van der Waals surface area contributed by atoms with Gasteiger partial charge in [-0.1, -0.05) is 0 Å². The molecule has 2 atom stereocenters. The van der Waals surface area contributed by atoms with Crippen LogP contribution in [0.25, 0.3) is 0 Å². The van der Waals surface area contributed by atoms with E-state index in [1.807, 2.05) is 6.92 Å². The number of hydrogen-bond acceptors (Lipinski definition) is 3. The Morgan fingerprint density at radius 3 is 2.06 bits per heavy atom. The van der Waals surface area contributed by atoms with Gasteiger partial charge in [0.25, 0.3) is 0 Å². The van der Waals surface area contributed by atoms with Crippen molar-refractivity contribution < 1.29 is 14.6 Å². The molecule has 0 amide bonds. The molecule has 0 spiro atoms. The van der Waals surface area contributed by atoms with Crippen LogP contribution in [0, 0.1) is 5.41 Å². The molecule has 31 heavy (non-hydrogen) atoms. The van der Waals surface area contributed by atoms with Gasteiger partial charge in [0.15, 0.2) is 0 Å². The second kappa shape index (κ2) is 12.2. The molecule has 2 fully saturated rings. The molecule has 2 rings (SSSR count). The van der Waals surface area contributed by atoms with Crippen LogP contribution in [0.3, 0.4) is 0 Å². The van der Waals surface area contributed by atoms with Crippen LogP contribution in [0.2, 0.25) is 13.3 Å². The minimum absolute atomic E-state index is 0.174. The molecular formula is C27H48O3Sn. The monoisotopic (exact) mass is 540 g/mol. The summed E-state index contributed by atoms with van der Waals surface area (Å²) < 4.78 is 12.6. The van der Waals surface area contributed by atoms with Crippen molar-refractivity contribution in [2.45, 2.75) is 124 Å². The summed E-state index contributed by atoms with van der Waals surface area (Å²) in [5.74, 6) is -0.174. The van der Waals surface area contributed by atoms with Crippen molar-refractivity contribution in [1.82, 2.24) is 0 Å². The number of fused-ring (bicyclic) bond motifs is 1. The van der Waals surface area contributed by atoms with Gasteiger partial charge in [0.2, 0.25) is 0 Å². The molecule has 2 aliphatic rings. The Balaban J connectivity index is 2.48. The Labute approximate surface area is 196 Å². The summed E-state index contributed by atoms with van der Waals surface area (Å²) in [6.07, 6.45) is 12.3. The van der Waals surface area contributed by atoms with Crippen molar-refractivity contribution in [1.29, 1.82) is 0 Å². The summed E-state index contributed by atoms with van der Waals surface area (Å²) in [5, 5.41) is 11.7. The average Bonchev–Trinajstić information content (AvgIpc) is 2.75. The van der Waals surface area contributed by atoms with Crippen molar-refractivity contribution in [3.05, 3.63) is 21.8 Å². The topological polar surface area (TPSA) is 46.5 Å². The van der Waals surface area contributed by atoms with E-state index in [0.717, 1.165) is 24.8 Å². The Hall–Kier alpha value is -0.291. The van der Waals surface area contributed by atoms with E-state index in [1.54, 1.807) is 0 Å². The third-order valence-corrected chi connectivity index (χ3v) is 22.3. The quantitative estimate of drug-likeness (QED) is 0.206. The van der Waals surface area contributed by atoms with E-state index in [9.17, 15) is 9.90 Å². The number of carbonyl (C=O) groups excluding carboxylic acids is 1. The first-order chi connectivity index (χ1) is 14.8. The summed E-state index contributed by atoms with van der Waals surface area (Å²) >= 11 is -2.53. The molecule has 0 bridgehead atoms. The van der Waals surface area contributed by atoms with Gasteiger partial charge in [-0.3, -0.25) is 0 Å². The van der Waals surface area contributed by atoms with Gasteiger partial charge < -0.3 is 0 Å². The van der Waals surface area contributed by atoms with E-state index in [-0.39, 0.29) is 5.97 Å². The zero-order valence-electron chi connectivity index (χ0n) is 20.9. The Bertz CT molecular complexity index is 619. The summed E-state index contributed by atoms with van der Waals surface area (Å²) in [5.41, 5.74) is 0.653. The van der Waals surface area contributed by atoms with E-state index in [0.29, 0.717) is 25.9 Å². The summed E-state index contributed by atoms with van der Waals surface area (Å²) in [7, 11) is 0. The maximum absolute atomic E-state index is 13.3. The summed E-state index contributed by atoms with van der Waals surface area (Å²) in [6.45, 7) is 13.6. The predicted molar refractivity (Wildman–Crippen MR) is 134 cm³/mol. The van der Waals surface area contributed by atoms with Crippen molar-refractivity contribution in [2.24, 2.45) is 5.41 Å². The number of unbranched alkanes of at least 4 members (excludes halogenated alkanes) is 3. The molecule has 1 N–H and O–H groups in total. The zero-order valence-corrected chi connectivity index (χ0v) is 23.7. The van der Waals surface area contributed by atoms with Crippen LogP contribution in [0.15, 0.2) is 21.8 Å². The van der Waals surface area contributed by atoms with Gasteiger partial charge in [-0.25, -0.2) is 0 Å². The molecule has 0 saturated heterocycles. The Morgan fingerprint density at radius 2 is 1.55 bits per heavy atom. The van der Waals surface area contributed by atoms with E-state index in [4.69, 9.17) is 4.74 Å². The van der Waals surface area contributed by atoms with Crippen LogP contribution in [0.5, 0.6) is 0 Å². The first-order valence-electron chi connectivity index (χ1n) is 13.1. The van der Waals surface area contributed by atoms with E-state index in [2.05, 4.69) is 31.4 Å². The number of aliphatic hydroxyl groups is 1. The molecule has 0 aromatic carbocycles. The van der Waals surface area contributed by atoms with Crippen LogP contribution in [0.4, 0.5) is 0 Å². The van der Waals surface area contributed by atoms with Crippen molar-refractivity contribution in [3.8, 4) is 0 Å². The van der Waals surface area contributed by atoms with Crippen LogP contribution >= 0.6 is 0 Å². The van der Waals surface area contributed by atoms with Crippen molar-refractivity contribution in [2.75, 3.05) is 6.61 Å². The van der Waals surface area contributed by atoms with Crippen LogP contribution in [0.1, 0.15) is 105 Å². The summed E-state index contributed by atoms with van der Waals surface area (Å²) in [4.78, 5) is 13.3. The standard InChI is InChI=1S/C15H21O3.3C4H9.Sn/c1-4-18-13(16)14-7-5-6-8-15(14,17)10-12(3)11(2)9-14;3*1-3-4-2;/h2,17H,3-10H2,1H3;3*1,3-4H2,2H3;/t14-,15-;;;;/m1..../s1. The molecule has 2 saturated carbocycles. The molecule has 4 heteroatoms.